The number of carbonyl (C=O) groups excluding carboxylic acids is 1. The van der Waals surface area contributed by atoms with Crippen molar-refractivity contribution in [3.05, 3.63) is 95.8 Å². The number of aryl methyl sites for hydroxylation is 1. The highest BCUT2D eigenvalue weighted by Gasteiger charge is 2.15. The van der Waals surface area contributed by atoms with E-state index in [1.54, 1.807) is 61.5 Å². The molecule has 0 aromatic heterocycles. The summed E-state index contributed by atoms with van der Waals surface area (Å²) in [5.74, 6) is -0.744. The van der Waals surface area contributed by atoms with Crippen LogP contribution < -0.4 is 10.0 Å². The van der Waals surface area contributed by atoms with Gasteiger partial charge in [0, 0.05) is 11.8 Å². The quantitative estimate of drug-likeness (QED) is 0.584. The summed E-state index contributed by atoms with van der Waals surface area (Å²) in [4.78, 5) is 12.3. The van der Waals surface area contributed by atoms with Crippen molar-refractivity contribution >= 4 is 33.4 Å². The number of carbonyl (C=O) groups is 1. The monoisotopic (exact) mass is 410 g/mol. The number of hydrogen-bond donors (Lipinski definition) is 2. The minimum atomic E-state index is -3.74. The van der Waals surface area contributed by atoms with Gasteiger partial charge in [-0.15, -0.1) is 0 Å². The van der Waals surface area contributed by atoms with Crippen LogP contribution in [0, 0.1) is 12.7 Å². The van der Waals surface area contributed by atoms with Crippen molar-refractivity contribution in [2.24, 2.45) is 0 Å². The highest BCUT2D eigenvalue weighted by atomic mass is 32.2. The maximum atomic E-state index is 12.9. The average Bonchev–Trinajstić information content (AvgIpc) is 2.70. The van der Waals surface area contributed by atoms with Crippen molar-refractivity contribution in [2.75, 3.05) is 10.0 Å². The van der Waals surface area contributed by atoms with Crippen LogP contribution in [0.5, 0.6) is 0 Å². The zero-order valence-corrected chi connectivity index (χ0v) is 16.4. The number of benzene rings is 3. The van der Waals surface area contributed by atoms with Gasteiger partial charge in [0.15, 0.2) is 0 Å². The molecule has 0 aliphatic carbocycles. The summed E-state index contributed by atoms with van der Waals surface area (Å²) < 4.78 is 40.5. The number of sulfonamides is 1. The fraction of sp³-hybridized carbons (Fsp3) is 0.0455. The Morgan fingerprint density at radius 1 is 0.966 bits per heavy atom. The summed E-state index contributed by atoms with van der Waals surface area (Å²) in [6.45, 7) is 1.77. The van der Waals surface area contributed by atoms with Crippen LogP contribution in [0.25, 0.3) is 6.08 Å². The Morgan fingerprint density at radius 3 is 2.34 bits per heavy atom. The second-order valence-electron chi connectivity index (χ2n) is 6.32. The van der Waals surface area contributed by atoms with Crippen LogP contribution in [0.1, 0.15) is 11.1 Å². The van der Waals surface area contributed by atoms with E-state index in [0.717, 1.165) is 0 Å². The van der Waals surface area contributed by atoms with Gasteiger partial charge in [-0.3, -0.25) is 9.52 Å². The maximum Gasteiger partial charge on any atom is 0.261 e. The molecular formula is C22H19FN2O3S. The second kappa shape index (κ2) is 8.70. The van der Waals surface area contributed by atoms with Gasteiger partial charge in [0.05, 0.1) is 10.6 Å². The molecular weight excluding hydrogens is 391 g/mol. The Bertz CT molecular complexity index is 1140. The predicted molar refractivity (Wildman–Crippen MR) is 112 cm³/mol. The number of anilines is 2. The van der Waals surface area contributed by atoms with Crippen molar-refractivity contribution < 1.29 is 17.6 Å². The van der Waals surface area contributed by atoms with Gasteiger partial charge in [0.25, 0.3) is 10.0 Å². The first-order valence-corrected chi connectivity index (χ1v) is 10.2. The Labute approximate surface area is 169 Å². The predicted octanol–water partition coefficient (Wildman–Crippen LogP) is 4.59. The van der Waals surface area contributed by atoms with E-state index in [4.69, 9.17) is 0 Å². The fourth-order valence-corrected chi connectivity index (χ4v) is 3.69. The molecule has 0 atom stereocenters. The highest BCUT2D eigenvalue weighted by molar-refractivity contribution is 7.92. The lowest BCUT2D eigenvalue weighted by Gasteiger charge is -2.12. The standard InChI is InChI=1S/C22H19FN2O3S/c1-16-7-13-19(24-22(26)14-10-17-8-11-18(23)12-9-17)15-21(16)25-29(27,28)20-5-3-2-4-6-20/h2-15,25H,1H3,(H,24,26). The molecule has 0 spiro atoms. The minimum absolute atomic E-state index is 0.149. The Balaban J connectivity index is 1.73. The summed E-state index contributed by atoms with van der Waals surface area (Å²) >= 11 is 0. The van der Waals surface area contributed by atoms with Gasteiger partial charge in [-0.2, -0.15) is 0 Å². The van der Waals surface area contributed by atoms with Crippen LogP contribution in [0.2, 0.25) is 0 Å². The van der Waals surface area contributed by atoms with Crippen molar-refractivity contribution in [1.29, 1.82) is 0 Å². The van der Waals surface area contributed by atoms with Crippen LogP contribution in [0.15, 0.2) is 83.8 Å². The van der Waals surface area contributed by atoms with Crippen molar-refractivity contribution in [1.82, 2.24) is 0 Å². The summed E-state index contributed by atoms with van der Waals surface area (Å²) in [6, 6.07) is 18.7. The third kappa shape index (κ3) is 5.52. The van der Waals surface area contributed by atoms with E-state index in [-0.39, 0.29) is 10.7 Å². The molecule has 29 heavy (non-hydrogen) atoms. The van der Waals surface area contributed by atoms with E-state index >= 15 is 0 Å². The lowest BCUT2D eigenvalue weighted by atomic mass is 10.2. The van der Waals surface area contributed by atoms with E-state index in [0.29, 0.717) is 22.5 Å². The molecule has 0 saturated heterocycles. The molecule has 0 fully saturated rings. The van der Waals surface area contributed by atoms with Gasteiger partial charge in [0.2, 0.25) is 5.91 Å². The van der Waals surface area contributed by atoms with E-state index in [1.165, 1.54) is 30.3 Å². The molecule has 0 aliphatic rings. The number of nitrogens with one attached hydrogen (secondary N) is 2. The first kappa shape index (κ1) is 20.3. The Hall–Kier alpha value is -3.45. The third-order valence-electron chi connectivity index (χ3n) is 4.10. The van der Waals surface area contributed by atoms with E-state index in [1.807, 2.05) is 0 Å². The molecule has 1 amide bonds. The van der Waals surface area contributed by atoms with Gasteiger partial charge in [-0.05, 0) is 60.5 Å². The molecule has 148 valence electrons. The van der Waals surface area contributed by atoms with Crippen LogP contribution in [0.4, 0.5) is 15.8 Å². The molecule has 3 aromatic carbocycles. The average molecular weight is 410 g/mol. The van der Waals surface area contributed by atoms with Crippen LogP contribution in [0.3, 0.4) is 0 Å². The number of halogens is 1. The van der Waals surface area contributed by atoms with E-state index < -0.39 is 15.9 Å². The number of amides is 1. The zero-order chi connectivity index (χ0) is 20.9. The lowest BCUT2D eigenvalue weighted by molar-refractivity contribution is -0.111. The first-order chi connectivity index (χ1) is 13.8. The molecule has 0 saturated carbocycles. The Morgan fingerprint density at radius 2 is 1.66 bits per heavy atom. The molecule has 7 heteroatoms. The van der Waals surface area contributed by atoms with Crippen LogP contribution in [-0.2, 0) is 14.8 Å². The summed E-state index contributed by atoms with van der Waals surface area (Å²) in [5.41, 5.74) is 2.20. The van der Waals surface area contributed by atoms with Gasteiger partial charge in [-0.1, -0.05) is 36.4 Å². The molecule has 0 bridgehead atoms. The van der Waals surface area contributed by atoms with Crippen molar-refractivity contribution in [3.8, 4) is 0 Å². The van der Waals surface area contributed by atoms with Crippen molar-refractivity contribution in [3.63, 3.8) is 0 Å². The molecule has 0 heterocycles. The minimum Gasteiger partial charge on any atom is -0.322 e. The molecule has 5 nitrogen and oxygen atoms in total. The van der Waals surface area contributed by atoms with Crippen LogP contribution >= 0.6 is 0 Å². The molecule has 2 N–H and O–H groups in total. The van der Waals surface area contributed by atoms with Crippen LogP contribution in [-0.4, -0.2) is 14.3 Å². The first-order valence-electron chi connectivity index (χ1n) is 8.77. The lowest BCUT2D eigenvalue weighted by Crippen LogP contribution is -2.14. The molecule has 0 unspecified atom stereocenters. The van der Waals surface area contributed by atoms with E-state index in [2.05, 4.69) is 10.0 Å². The van der Waals surface area contributed by atoms with Gasteiger partial charge in [0.1, 0.15) is 5.82 Å². The maximum absolute atomic E-state index is 12.9. The second-order valence-corrected chi connectivity index (χ2v) is 8.00. The van der Waals surface area contributed by atoms with E-state index in [9.17, 15) is 17.6 Å². The summed E-state index contributed by atoms with van der Waals surface area (Å²) in [5, 5.41) is 2.68. The largest absolute Gasteiger partial charge is 0.322 e. The summed E-state index contributed by atoms with van der Waals surface area (Å²) in [7, 11) is -3.74. The van der Waals surface area contributed by atoms with Gasteiger partial charge in [-0.25, -0.2) is 12.8 Å². The third-order valence-corrected chi connectivity index (χ3v) is 5.48. The molecule has 0 aliphatic heterocycles. The molecule has 0 radical (unpaired) electrons. The zero-order valence-electron chi connectivity index (χ0n) is 15.6. The van der Waals surface area contributed by atoms with Crippen molar-refractivity contribution in [2.45, 2.75) is 11.8 Å². The number of hydrogen-bond acceptors (Lipinski definition) is 3. The van der Waals surface area contributed by atoms with Gasteiger partial charge < -0.3 is 5.32 Å². The smallest absolute Gasteiger partial charge is 0.261 e. The molecule has 3 aromatic rings. The highest BCUT2D eigenvalue weighted by Crippen LogP contribution is 2.23. The normalized spacial score (nSPS) is 11.4. The topological polar surface area (TPSA) is 75.3 Å². The summed E-state index contributed by atoms with van der Waals surface area (Å²) in [6.07, 6.45) is 2.88. The fourth-order valence-electron chi connectivity index (χ4n) is 2.54. The Kier molecular flexibility index (Phi) is 6.09. The molecule has 3 rings (SSSR count). The number of rotatable bonds is 6. The SMILES string of the molecule is Cc1ccc(NC(=O)C=Cc2ccc(F)cc2)cc1NS(=O)(=O)c1ccccc1. The van der Waals surface area contributed by atoms with Gasteiger partial charge >= 0.3 is 0 Å².